The third-order valence-electron chi connectivity index (χ3n) is 3.61. The molecule has 0 saturated heterocycles. The fraction of sp³-hybridized carbons (Fsp3) is 0.312. The van der Waals surface area contributed by atoms with Crippen molar-refractivity contribution in [1.82, 2.24) is 20.0 Å². The van der Waals surface area contributed by atoms with E-state index in [2.05, 4.69) is 34.4 Å². The first kappa shape index (κ1) is 13.7. The highest BCUT2D eigenvalue weighted by molar-refractivity contribution is 5.83. The molecule has 0 aliphatic rings. The summed E-state index contributed by atoms with van der Waals surface area (Å²) in [6.45, 7) is 4.93. The molecule has 1 aromatic carbocycles. The zero-order valence-electron chi connectivity index (χ0n) is 12.3. The van der Waals surface area contributed by atoms with Gasteiger partial charge in [-0.25, -0.2) is 4.68 Å². The van der Waals surface area contributed by atoms with Crippen LogP contribution in [0.5, 0.6) is 0 Å². The Hall–Kier alpha value is -2.27. The van der Waals surface area contributed by atoms with Crippen LogP contribution in [0.15, 0.2) is 36.5 Å². The molecular weight excluding hydrogens is 262 g/mol. The Morgan fingerprint density at radius 2 is 2.10 bits per heavy atom. The predicted octanol–water partition coefficient (Wildman–Crippen LogP) is 2.59. The fourth-order valence-electron chi connectivity index (χ4n) is 2.65. The van der Waals surface area contributed by atoms with Crippen LogP contribution in [-0.4, -0.2) is 20.0 Å². The topological polar surface area (TPSA) is 69.6 Å². The van der Waals surface area contributed by atoms with Gasteiger partial charge in [-0.15, -0.1) is 5.10 Å². The van der Waals surface area contributed by atoms with E-state index in [4.69, 9.17) is 5.73 Å². The van der Waals surface area contributed by atoms with Crippen LogP contribution < -0.4 is 5.73 Å². The highest BCUT2D eigenvalue weighted by Crippen LogP contribution is 2.26. The number of aryl methyl sites for hydroxylation is 2. The average molecular weight is 281 g/mol. The van der Waals surface area contributed by atoms with Gasteiger partial charge in [0.05, 0.1) is 23.4 Å². The summed E-state index contributed by atoms with van der Waals surface area (Å²) in [7, 11) is 0. The molecule has 21 heavy (non-hydrogen) atoms. The van der Waals surface area contributed by atoms with Crippen molar-refractivity contribution in [2.45, 2.75) is 32.9 Å². The fourth-order valence-corrected chi connectivity index (χ4v) is 2.65. The summed E-state index contributed by atoms with van der Waals surface area (Å²) in [5.41, 5.74) is 10.4. The van der Waals surface area contributed by atoms with Crippen LogP contribution in [-0.2, 0) is 6.54 Å². The predicted molar refractivity (Wildman–Crippen MR) is 82.8 cm³/mol. The average Bonchev–Trinajstić information content (AvgIpc) is 2.94. The van der Waals surface area contributed by atoms with Crippen molar-refractivity contribution >= 4 is 10.9 Å². The first-order valence-corrected chi connectivity index (χ1v) is 7.21. The van der Waals surface area contributed by atoms with Crippen molar-refractivity contribution in [2.75, 3.05) is 0 Å². The maximum Gasteiger partial charge on any atom is 0.0800 e. The van der Waals surface area contributed by atoms with Crippen molar-refractivity contribution in [2.24, 2.45) is 5.73 Å². The van der Waals surface area contributed by atoms with Gasteiger partial charge in [0.1, 0.15) is 0 Å². The van der Waals surface area contributed by atoms with Gasteiger partial charge in [-0.1, -0.05) is 30.3 Å². The van der Waals surface area contributed by atoms with Crippen LogP contribution in [0.2, 0.25) is 0 Å². The van der Waals surface area contributed by atoms with Gasteiger partial charge in [-0.2, -0.15) is 0 Å². The van der Waals surface area contributed by atoms with Crippen LogP contribution >= 0.6 is 0 Å². The number of nitrogens with zero attached hydrogens (tertiary/aromatic N) is 4. The number of aromatic nitrogens is 4. The molecule has 3 rings (SSSR count). The lowest BCUT2D eigenvalue weighted by molar-refractivity contribution is 0.544. The van der Waals surface area contributed by atoms with Gasteiger partial charge in [-0.3, -0.25) is 4.98 Å². The molecule has 0 fully saturated rings. The summed E-state index contributed by atoms with van der Waals surface area (Å²) in [5.74, 6) is 0. The van der Waals surface area contributed by atoms with Crippen molar-refractivity contribution < 1.29 is 0 Å². The molecule has 2 N–H and O–H groups in total. The zero-order chi connectivity index (χ0) is 14.8. The smallest absolute Gasteiger partial charge is 0.0800 e. The van der Waals surface area contributed by atoms with E-state index in [1.165, 1.54) is 0 Å². The molecule has 108 valence electrons. The molecule has 5 heteroatoms. The van der Waals surface area contributed by atoms with Crippen molar-refractivity contribution in [3.8, 4) is 0 Å². The number of para-hydroxylation sites is 1. The van der Waals surface area contributed by atoms with Gasteiger partial charge in [0.2, 0.25) is 0 Å². The Morgan fingerprint density at radius 3 is 2.90 bits per heavy atom. The molecule has 0 saturated carbocycles. The molecule has 2 heterocycles. The minimum absolute atomic E-state index is 0.252. The van der Waals surface area contributed by atoms with Gasteiger partial charge in [0.25, 0.3) is 0 Å². The third-order valence-corrected chi connectivity index (χ3v) is 3.61. The first-order valence-electron chi connectivity index (χ1n) is 7.21. The minimum Gasteiger partial charge on any atom is -0.319 e. The van der Waals surface area contributed by atoms with Crippen LogP contribution in [0.4, 0.5) is 0 Å². The van der Waals surface area contributed by atoms with Crippen LogP contribution in [0.25, 0.3) is 10.9 Å². The van der Waals surface area contributed by atoms with Gasteiger partial charge >= 0.3 is 0 Å². The van der Waals surface area contributed by atoms with Gasteiger partial charge in [0, 0.05) is 17.6 Å². The monoisotopic (exact) mass is 281 g/mol. The Labute approximate surface area is 123 Å². The molecular formula is C16H19N5. The molecule has 0 spiro atoms. The van der Waals surface area contributed by atoms with Crippen LogP contribution in [0.1, 0.15) is 36.3 Å². The Morgan fingerprint density at radius 1 is 1.29 bits per heavy atom. The zero-order valence-corrected chi connectivity index (χ0v) is 12.3. The van der Waals surface area contributed by atoms with Crippen molar-refractivity contribution in [3.63, 3.8) is 0 Å². The third kappa shape index (κ3) is 2.52. The van der Waals surface area contributed by atoms with E-state index in [-0.39, 0.29) is 6.04 Å². The van der Waals surface area contributed by atoms with E-state index in [9.17, 15) is 0 Å². The SMILES string of the molecule is CCCn1nncc1C(N)c1cc(C)nc2ccccc12. The normalized spacial score (nSPS) is 12.7. The van der Waals surface area contributed by atoms with Crippen molar-refractivity contribution in [1.29, 1.82) is 0 Å². The van der Waals surface area contributed by atoms with E-state index in [0.29, 0.717) is 0 Å². The van der Waals surface area contributed by atoms with Gasteiger partial charge < -0.3 is 5.73 Å². The summed E-state index contributed by atoms with van der Waals surface area (Å²) in [6.07, 6.45) is 2.75. The van der Waals surface area contributed by atoms with E-state index in [0.717, 1.165) is 40.8 Å². The Kier molecular flexibility index (Phi) is 3.66. The van der Waals surface area contributed by atoms with E-state index < -0.39 is 0 Å². The quantitative estimate of drug-likeness (QED) is 0.798. The lowest BCUT2D eigenvalue weighted by Crippen LogP contribution is -2.18. The highest BCUT2D eigenvalue weighted by Gasteiger charge is 2.18. The van der Waals surface area contributed by atoms with E-state index >= 15 is 0 Å². The maximum absolute atomic E-state index is 6.50. The number of nitrogens with two attached hydrogens (primary N) is 1. The lowest BCUT2D eigenvalue weighted by atomic mass is 9.99. The van der Waals surface area contributed by atoms with Gasteiger partial charge in [0.15, 0.2) is 0 Å². The number of hydrogen-bond donors (Lipinski definition) is 1. The summed E-state index contributed by atoms with van der Waals surface area (Å²) in [5, 5.41) is 9.22. The molecule has 1 atom stereocenters. The molecule has 0 bridgehead atoms. The van der Waals surface area contributed by atoms with Gasteiger partial charge in [-0.05, 0) is 31.0 Å². The summed E-state index contributed by atoms with van der Waals surface area (Å²) < 4.78 is 1.88. The molecule has 1 unspecified atom stereocenters. The van der Waals surface area contributed by atoms with Crippen LogP contribution in [0.3, 0.4) is 0 Å². The number of pyridine rings is 1. The Bertz CT molecular complexity index is 762. The van der Waals surface area contributed by atoms with Crippen molar-refractivity contribution in [3.05, 3.63) is 53.5 Å². The molecule has 3 aromatic rings. The molecule has 0 aliphatic carbocycles. The summed E-state index contributed by atoms with van der Waals surface area (Å²) >= 11 is 0. The molecule has 2 aromatic heterocycles. The maximum atomic E-state index is 6.50. The Balaban J connectivity index is 2.13. The number of benzene rings is 1. The largest absolute Gasteiger partial charge is 0.319 e. The lowest BCUT2D eigenvalue weighted by Gasteiger charge is -2.16. The molecule has 0 amide bonds. The first-order chi connectivity index (χ1) is 10.2. The number of rotatable bonds is 4. The summed E-state index contributed by atoms with van der Waals surface area (Å²) in [4.78, 5) is 4.57. The molecule has 0 aliphatic heterocycles. The van der Waals surface area contributed by atoms with E-state index in [1.807, 2.05) is 29.8 Å². The highest BCUT2D eigenvalue weighted by atomic mass is 15.4. The summed E-state index contributed by atoms with van der Waals surface area (Å²) in [6, 6.07) is 9.88. The second-order valence-electron chi connectivity index (χ2n) is 5.23. The number of fused-ring (bicyclic) bond motifs is 1. The minimum atomic E-state index is -0.252. The molecule has 5 nitrogen and oxygen atoms in total. The second kappa shape index (κ2) is 5.61. The number of hydrogen-bond acceptors (Lipinski definition) is 4. The van der Waals surface area contributed by atoms with E-state index in [1.54, 1.807) is 6.20 Å². The van der Waals surface area contributed by atoms with Crippen LogP contribution in [0, 0.1) is 6.92 Å². The standard InChI is InChI=1S/C16H19N5/c1-3-8-21-15(10-18-20-21)16(17)13-9-11(2)19-14-7-5-4-6-12(13)14/h4-7,9-10,16H,3,8,17H2,1-2H3. The molecule has 0 radical (unpaired) electrons. The second-order valence-corrected chi connectivity index (χ2v) is 5.23.